The quantitative estimate of drug-likeness (QED) is 0.707. The number of alkyl halides is 1. The van der Waals surface area contributed by atoms with Crippen molar-refractivity contribution in [3.63, 3.8) is 0 Å². The minimum Gasteiger partial charge on any atom is -0.229 e. The van der Waals surface area contributed by atoms with E-state index in [2.05, 4.69) is 20.7 Å². The zero-order chi connectivity index (χ0) is 13.8. The fourth-order valence-corrected chi connectivity index (χ4v) is 3.08. The fourth-order valence-electron chi connectivity index (χ4n) is 1.16. The van der Waals surface area contributed by atoms with Gasteiger partial charge in [0.15, 0.2) is 0 Å². The highest BCUT2D eigenvalue weighted by atomic mass is 79.9. The molecule has 0 aliphatic heterocycles. The van der Waals surface area contributed by atoms with Gasteiger partial charge in [0, 0.05) is 11.9 Å². The Morgan fingerprint density at radius 2 is 1.67 bits per heavy atom. The van der Waals surface area contributed by atoms with E-state index < -0.39 is 25.8 Å². The van der Waals surface area contributed by atoms with Gasteiger partial charge >= 0.3 is 0 Å². The molecule has 3 N–H and O–H groups in total. The summed E-state index contributed by atoms with van der Waals surface area (Å²) in [5.41, 5.74) is 0.943. The molecule has 0 spiro atoms. The van der Waals surface area contributed by atoms with Crippen molar-refractivity contribution in [3.8, 4) is 0 Å². The summed E-state index contributed by atoms with van der Waals surface area (Å²) in [6.45, 7) is -0.249. The van der Waals surface area contributed by atoms with E-state index in [-0.39, 0.29) is 11.4 Å². The molecule has 1 aromatic carbocycles. The summed E-state index contributed by atoms with van der Waals surface area (Å²) in [7, 11) is -7.37. The minimum absolute atomic E-state index is 0.0848. The summed E-state index contributed by atoms with van der Waals surface area (Å²) in [6.07, 6.45) is 0. The number of primary sulfonamides is 1. The third-order valence-electron chi connectivity index (χ3n) is 2.07. The summed E-state index contributed by atoms with van der Waals surface area (Å²) in [5.74, 6) is -0.439. The van der Waals surface area contributed by atoms with Gasteiger partial charge in [-0.25, -0.2) is 26.7 Å². The molecule has 18 heavy (non-hydrogen) atoms. The molecular formula is C9H13BrN2O4S2. The third-order valence-corrected chi connectivity index (χ3v) is 4.96. The molecular weight excluding hydrogens is 344 g/mol. The number of hydrogen-bond donors (Lipinski definition) is 2. The average molecular weight is 357 g/mol. The first-order valence-electron chi connectivity index (χ1n) is 4.90. The van der Waals surface area contributed by atoms with E-state index in [1.807, 2.05) is 0 Å². The Bertz CT molecular complexity index is 596. The van der Waals surface area contributed by atoms with E-state index >= 15 is 0 Å². The molecule has 0 unspecified atom stereocenters. The Labute approximate surface area is 115 Å². The van der Waals surface area contributed by atoms with Crippen molar-refractivity contribution in [1.29, 1.82) is 0 Å². The van der Waals surface area contributed by atoms with Crippen LogP contribution in [0.15, 0.2) is 29.2 Å². The zero-order valence-electron chi connectivity index (χ0n) is 9.34. The van der Waals surface area contributed by atoms with Gasteiger partial charge in [0.1, 0.15) is 0 Å². The molecule has 0 atom stereocenters. The van der Waals surface area contributed by atoms with Crippen LogP contribution >= 0.6 is 15.9 Å². The first-order chi connectivity index (χ1) is 8.24. The van der Waals surface area contributed by atoms with E-state index in [4.69, 9.17) is 5.14 Å². The molecule has 0 bridgehead atoms. The van der Waals surface area contributed by atoms with Crippen molar-refractivity contribution < 1.29 is 16.8 Å². The van der Waals surface area contributed by atoms with Crippen LogP contribution in [0.2, 0.25) is 0 Å². The van der Waals surface area contributed by atoms with Crippen molar-refractivity contribution in [3.05, 3.63) is 29.8 Å². The standard InChI is InChI=1S/C9H13BrN2O4S2/c10-7-8-1-3-9(4-2-8)18(15,16)12-5-6-17(11,13)14/h1-4,12H,5-7H2,(H2,11,13,14). The van der Waals surface area contributed by atoms with Gasteiger partial charge < -0.3 is 0 Å². The summed E-state index contributed by atoms with van der Waals surface area (Å²) in [6, 6.07) is 6.25. The summed E-state index contributed by atoms with van der Waals surface area (Å²) < 4.78 is 47.0. The number of sulfonamides is 2. The Hall–Kier alpha value is -0.480. The molecule has 1 aromatic rings. The Kier molecular flexibility index (Phi) is 5.29. The molecule has 0 aromatic heterocycles. The van der Waals surface area contributed by atoms with Crippen LogP contribution in [0.5, 0.6) is 0 Å². The van der Waals surface area contributed by atoms with Gasteiger partial charge in [-0.1, -0.05) is 28.1 Å². The van der Waals surface area contributed by atoms with Crippen LogP contribution in [0.1, 0.15) is 5.56 Å². The number of benzene rings is 1. The molecule has 0 aliphatic carbocycles. The van der Waals surface area contributed by atoms with E-state index in [0.29, 0.717) is 5.33 Å². The molecule has 0 heterocycles. The normalized spacial score (nSPS) is 12.6. The first kappa shape index (κ1) is 15.6. The zero-order valence-corrected chi connectivity index (χ0v) is 12.6. The first-order valence-corrected chi connectivity index (χ1v) is 9.22. The maximum Gasteiger partial charge on any atom is 0.240 e. The van der Waals surface area contributed by atoms with Gasteiger partial charge in [0.25, 0.3) is 0 Å². The van der Waals surface area contributed by atoms with Crippen LogP contribution in [0.4, 0.5) is 0 Å². The van der Waals surface area contributed by atoms with E-state index in [1.165, 1.54) is 12.1 Å². The molecule has 6 nitrogen and oxygen atoms in total. The molecule has 0 amide bonds. The van der Waals surface area contributed by atoms with Crippen LogP contribution in [0.25, 0.3) is 0 Å². The SMILES string of the molecule is NS(=O)(=O)CCNS(=O)(=O)c1ccc(CBr)cc1. The summed E-state index contributed by atoms with van der Waals surface area (Å²) >= 11 is 3.25. The largest absolute Gasteiger partial charge is 0.240 e. The number of nitrogens with one attached hydrogen (secondary N) is 1. The molecule has 0 fully saturated rings. The maximum atomic E-state index is 11.8. The number of halogens is 1. The van der Waals surface area contributed by atoms with Gasteiger partial charge in [-0.2, -0.15) is 0 Å². The Morgan fingerprint density at radius 3 is 2.11 bits per heavy atom. The van der Waals surface area contributed by atoms with E-state index in [0.717, 1.165) is 5.56 Å². The smallest absolute Gasteiger partial charge is 0.229 e. The number of hydrogen-bond acceptors (Lipinski definition) is 4. The van der Waals surface area contributed by atoms with Gasteiger partial charge in [-0.3, -0.25) is 0 Å². The lowest BCUT2D eigenvalue weighted by atomic mass is 10.2. The molecule has 1 rings (SSSR count). The second-order valence-corrected chi connectivity index (χ2v) is 7.60. The van der Waals surface area contributed by atoms with Crippen LogP contribution < -0.4 is 9.86 Å². The van der Waals surface area contributed by atoms with E-state index in [9.17, 15) is 16.8 Å². The molecule has 0 aliphatic rings. The Balaban J connectivity index is 2.74. The third kappa shape index (κ3) is 5.02. The lowest BCUT2D eigenvalue weighted by Gasteiger charge is -2.06. The monoisotopic (exact) mass is 356 g/mol. The summed E-state index contributed by atoms with van der Waals surface area (Å²) in [4.78, 5) is 0.0848. The second kappa shape index (κ2) is 6.11. The van der Waals surface area contributed by atoms with Crippen LogP contribution in [-0.2, 0) is 25.4 Å². The van der Waals surface area contributed by atoms with E-state index in [1.54, 1.807) is 12.1 Å². The topological polar surface area (TPSA) is 106 Å². The second-order valence-electron chi connectivity index (χ2n) is 3.54. The Morgan fingerprint density at radius 1 is 1.11 bits per heavy atom. The summed E-state index contributed by atoms with van der Waals surface area (Å²) in [5, 5.41) is 5.40. The van der Waals surface area contributed by atoms with Crippen LogP contribution in [0, 0.1) is 0 Å². The van der Waals surface area contributed by atoms with Crippen LogP contribution in [-0.4, -0.2) is 29.1 Å². The van der Waals surface area contributed by atoms with Gasteiger partial charge in [-0.15, -0.1) is 0 Å². The van der Waals surface area contributed by atoms with Gasteiger partial charge in [0.2, 0.25) is 20.0 Å². The lowest BCUT2D eigenvalue weighted by Crippen LogP contribution is -2.31. The predicted molar refractivity (Wildman–Crippen MR) is 72.2 cm³/mol. The van der Waals surface area contributed by atoms with Gasteiger partial charge in [0.05, 0.1) is 10.6 Å². The minimum atomic E-state index is -3.69. The number of nitrogens with two attached hydrogens (primary N) is 1. The maximum absolute atomic E-state index is 11.8. The van der Waals surface area contributed by atoms with Crippen molar-refractivity contribution in [1.82, 2.24) is 4.72 Å². The number of rotatable bonds is 6. The molecule has 9 heteroatoms. The molecule has 0 saturated carbocycles. The lowest BCUT2D eigenvalue weighted by molar-refractivity contribution is 0.581. The fraction of sp³-hybridized carbons (Fsp3) is 0.333. The van der Waals surface area contributed by atoms with Gasteiger partial charge in [-0.05, 0) is 17.7 Å². The van der Waals surface area contributed by atoms with Crippen molar-refractivity contribution in [2.45, 2.75) is 10.2 Å². The van der Waals surface area contributed by atoms with Crippen molar-refractivity contribution in [2.24, 2.45) is 5.14 Å². The highest BCUT2D eigenvalue weighted by Gasteiger charge is 2.14. The van der Waals surface area contributed by atoms with Crippen molar-refractivity contribution >= 4 is 36.0 Å². The predicted octanol–water partition coefficient (Wildman–Crippen LogP) is 0.148. The highest BCUT2D eigenvalue weighted by molar-refractivity contribution is 9.08. The van der Waals surface area contributed by atoms with Crippen molar-refractivity contribution in [2.75, 3.05) is 12.3 Å². The molecule has 0 radical (unpaired) electrons. The van der Waals surface area contributed by atoms with Crippen LogP contribution in [0.3, 0.4) is 0 Å². The highest BCUT2D eigenvalue weighted by Crippen LogP contribution is 2.12. The molecule has 102 valence electrons. The average Bonchev–Trinajstić information content (AvgIpc) is 2.27. The molecule has 0 saturated heterocycles.